The zero-order valence-electron chi connectivity index (χ0n) is 13.8. The molecule has 1 saturated carbocycles. The van der Waals surface area contributed by atoms with Gasteiger partial charge in [-0.2, -0.15) is 0 Å². The topological polar surface area (TPSA) is 71.1 Å². The number of hydrogen-bond acceptors (Lipinski definition) is 6. The van der Waals surface area contributed by atoms with Crippen molar-refractivity contribution >= 4 is 23.4 Å². The number of ketones is 1. The third-order valence-electron chi connectivity index (χ3n) is 4.39. The van der Waals surface area contributed by atoms with Crippen molar-refractivity contribution < 1.29 is 28.5 Å². The lowest BCUT2D eigenvalue weighted by Crippen LogP contribution is -2.42. The van der Waals surface area contributed by atoms with E-state index in [0.29, 0.717) is 30.0 Å². The molecule has 6 nitrogen and oxygen atoms in total. The molecule has 1 aliphatic heterocycles. The van der Waals surface area contributed by atoms with Crippen molar-refractivity contribution in [3.05, 3.63) is 41.3 Å². The normalized spacial score (nSPS) is 25.4. The molecule has 3 atom stereocenters. The summed E-state index contributed by atoms with van der Waals surface area (Å²) in [4.78, 5) is 23.8. The molecule has 1 aliphatic carbocycles. The highest BCUT2D eigenvalue weighted by Gasteiger charge is 2.41. The predicted octanol–water partition coefficient (Wildman–Crippen LogP) is 2.89. The number of para-hydroxylation sites is 1. The van der Waals surface area contributed by atoms with Crippen LogP contribution in [0.3, 0.4) is 0 Å². The van der Waals surface area contributed by atoms with Gasteiger partial charge < -0.3 is 18.9 Å². The average molecular weight is 367 g/mol. The molecule has 3 unspecified atom stereocenters. The summed E-state index contributed by atoms with van der Waals surface area (Å²) >= 11 is 6.06. The third kappa shape index (κ3) is 4.14. The van der Waals surface area contributed by atoms with Crippen LogP contribution in [-0.4, -0.2) is 37.7 Å². The highest BCUT2D eigenvalue weighted by atomic mass is 35.5. The molecule has 1 aromatic carbocycles. The lowest BCUT2D eigenvalue weighted by molar-refractivity contribution is -0.152. The summed E-state index contributed by atoms with van der Waals surface area (Å²) in [6.07, 6.45) is 2.76. The van der Waals surface area contributed by atoms with Crippen LogP contribution in [0.1, 0.15) is 19.3 Å². The molecule has 1 aromatic rings. The number of Topliss-reactive ketones (excluding diaryl/α,β-unsaturated/α-hetero) is 1. The highest BCUT2D eigenvalue weighted by molar-refractivity contribution is 6.32. The Bertz CT molecular complexity index is 686. The smallest absolute Gasteiger partial charge is 0.331 e. The first-order valence-electron chi connectivity index (χ1n) is 8.09. The number of carbonyl (C=O) groups is 2. The molecule has 0 saturated heterocycles. The Morgan fingerprint density at radius 2 is 2.12 bits per heavy atom. The van der Waals surface area contributed by atoms with E-state index in [1.807, 2.05) is 0 Å². The Kier molecular flexibility index (Phi) is 5.60. The molecule has 1 fully saturated rings. The third-order valence-corrected chi connectivity index (χ3v) is 4.71. The number of benzene rings is 1. The summed E-state index contributed by atoms with van der Waals surface area (Å²) in [5.41, 5.74) is 0. The van der Waals surface area contributed by atoms with Crippen molar-refractivity contribution in [2.45, 2.75) is 31.5 Å². The number of ether oxygens (including phenoxy) is 4. The molecule has 0 bridgehead atoms. The van der Waals surface area contributed by atoms with E-state index in [1.54, 1.807) is 24.3 Å². The van der Waals surface area contributed by atoms with Gasteiger partial charge in [-0.15, -0.1) is 0 Å². The first-order valence-corrected chi connectivity index (χ1v) is 8.47. The number of halogens is 1. The fourth-order valence-electron chi connectivity index (χ4n) is 3.05. The SMILES string of the molecule is COC(=O)COC1CCC2C(=O)C(Oc3ccccc3Cl)=COC2C1. The van der Waals surface area contributed by atoms with Gasteiger partial charge in [0, 0.05) is 6.42 Å². The summed E-state index contributed by atoms with van der Waals surface area (Å²) in [5, 5.41) is 0.429. The van der Waals surface area contributed by atoms with Crippen molar-refractivity contribution in [3.8, 4) is 5.75 Å². The summed E-state index contributed by atoms with van der Waals surface area (Å²) in [6.45, 7) is -0.0940. The minimum absolute atomic E-state index is 0.0940. The van der Waals surface area contributed by atoms with Crippen LogP contribution in [0, 0.1) is 5.92 Å². The summed E-state index contributed by atoms with van der Waals surface area (Å²) < 4.78 is 21.4. The molecule has 0 radical (unpaired) electrons. The number of esters is 1. The molecule has 0 spiro atoms. The van der Waals surface area contributed by atoms with E-state index in [0.717, 1.165) is 0 Å². The Morgan fingerprint density at radius 1 is 1.32 bits per heavy atom. The fourth-order valence-corrected chi connectivity index (χ4v) is 3.22. The quantitative estimate of drug-likeness (QED) is 0.746. The molecular formula is C18H19ClO6. The van der Waals surface area contributed by atoms with Gasteiger partial charge >= 0.3 is 5.97 Å². The van der Waals surface area contributed by atoms with Gasteiger partial charge in [0.1, 0.15) is 24.7 Å². The van der Waals surface area contributed by atoms with E-state index >= 15 is 0 Å². The van der Waals surface area contributed by atoms with Crippen molar-refractivity contribution in [2.75, 3.05) is 13.7 Å². The lowest BCUT2D eigenvalue weighted by atomic mass is 9.80. The standard InChI is InChI=1S/C18H19ClO6/c1-22-17(20)10-23-11-6-7-12-15(8-11)24-9-16(18(12)21)25-14-5-3-2-4-13(14)19/h2-5,9,11-12,15H,6-8,10H2,1H3. The molecule has 0 aromatic heterocycles. The molecule has 134 valence electrons. The zero-order valence-corrected chi connectivity index (χ0v) is 14.5. The maximum atomic E-state index is 12.7. The number of fused-ring (bicyclic) bond motifs is 1. The van der Waals surface area contributed by atoms with Crippen LogP contribution in [0.2, 0.25) is 5.02 Å². The van der Waals surface area contributed by atoms with Crippen molar-refractivity contribution in [3.63, 3.8) is 0 Å². The Morgan fingerprint density at radius 3 is 2.88 bits per heavy atom. The van der Waals surface area contributed by atoms with Crippen LogP contribution < -0.4 is 4.74 Å². The number of hydrogen-bond donors (Lipinski definition) is 0. The van der Waals surface area contributed by atoms with Crippen LogP contribution in [0.25, 0.3) is 0 Å². The van der Waals surface area contributed by atoms with Crippen LogP contribution >= 0.6 is 11.6 Å². The second-order valence-corrected chi connectivity index (χ2v) is 6.39. The van der Waals surface area contributed by atoms with E-state index in [2.05, 4.69) is 4.74 Å². The van der Waals surface area contributed by atoms with Crippen molar-refractivity contribution in [2.24, 2.45) is 5.92 Å². The summed E-state index contributed by atoms with van der Waals surface area (Å²) in [7, 11) is 1.32. The first-order chi connectivity index (χ1) is 12.1. The minimum atomic E-state index is -0.418. The van der Waals surface area contributed by atoms with E-state index in [-0.39, 0.29) is 36.3 Å². The van der Waals surface area contributed by atoms with E-state index < -0.39 is 5.97 Å². The first kappa shape index (κ1) is 17.8. The van der Waals surface area contributed by atoms with E-state index in [1.165, 1.54) is 13.4 Å². The van der Waals surface area contributed by atoms with Crippen LogP contribution in [-0.2, 0) is 23.8 Å². The Hall–Kier alpha value is -2.05. The van der Waals surface area contributed by atoms with Gasteiger partial charge in [0.25, 0.3) is 0 Å². The zero-order chi connectivity index (χ0) is 17.8. The molecule has 3 rings (SSSR count). The van der Waals surface area contributed by atoms with Crippen LogP contribution in [0.5, 0.6) is 5.75 Å². The van der Waals surface area contributed by atoms with Crippen LogP contribution in [0.15, 0.2) is 36.3 Å². The van der Waals surface area contributed by atoms with Gasteiger partial charge in [-0.1, -0.05) is 23.7 Å². The molecule has 0 amide bonds. The average Bonchev–Trinajstić information content (AvgIpc) is 2.63. The van der Waals surface area contributed by atoms with Crippen LogP contribution in [0.4, 0.5) is 0 Å². The molecule has 1 heterocycles. The number of carbonyl (C=O) groups excluding carboxylic acids is 2. The van der Waals surface area contributed by atoms with Gasteiger partial charge in [-0.25, -0.2) is 4.79 Å². The number of methoxy groups -OCH3 is 1. The van der Waals surface area contributed by atoms with Crippen molar-refractivity contribution in [1.82, 2.24) is 0 Å². The fraction of sp³-hybridized carbons (Fsp3) is 0.444. The number of allylic oxidation sites excluding steroid dienone is 1. The van der Waals surface area contributed by atoms with Gasteiger partial charge in [-0.3, -0.25) is 4.79 Å². The minimum Gasteiger partial charge on any atom is -0.493 e. The lowest BCUT2D eigenvalue weighted by Gasteiger charge is -2.36. The maximum Gasteiger partial charge on any atom is 0.331 e. The maximum absolute atomic E-state index is 12.7. The monoisotopic (exact) mass is 366 g/mol. The Labute approximate surface area is 150 Å². The van der Waals surface area contributed by atoms with E-state index in [4.69, 9.17) is 25.8 Å². The van der Waals surface area contributed by atoms with Gasteiger partial charge in [-0.05, 0) is 25.0 Å². The van der Waals surface area contributed by atoms with Gasteiger partial charge in [0.15, 0.2) is 0 Å². The molecule has 7 heteroatoms. The van der Waals surface area contributed by atoms with Crippen molar-refractivity contribution in [1.29, 1.82) is 0 Å². The second kappa shape index (κ2) is 7.89. The molecular weight excluding hydrogens is 348 g/mol. The van der Waals surface area contributed by atoms with E-state index in [9.17, 15) is 9.59 Å². The Balaban J connectivity index is 1.62. The highest BCUT2D eigenvalue weighted by Crippen LogP contribution is 2.36. The summed E-state index contributed by atoms with van der Waals surface area (Å²) in [6, 6.07) is 6.95. The molecule has 0 N–H and O–H groups in total. The number of rotatable bonds is 5. The molecule has 2 aliphatic rings. The largest absolute Gasteiger partial charge is 0.493 e. The predicted molar refractivity (Wildman–Crippen MR) is 89.1 cm³/mol. The summed E-state index contributed by atoms with van der Waals surface area (Å²) in [5.74, 6) is -0.217. The second-order valence-electron chi connectivity index (χ2n) is 5.98. The molecule has 25 heavy (non-hydrogen) atoms. The van der Waals surface area contributed by atoms with Gasteiger partial charge in [0.05, 0.1) is 24.2 Å². The van der Waals surface area contributed by atoms with Gasteiger partial charge in [0.2, 0.25) is 11.5 Å².